The normalized spacial score (nSPS) is 9.87. The molecular formula is C9H6ClN5. The summed E-state index contributed by atoms with van der Waals surface area (Å²) in [6, 6.07) is 3.15. The van der Waals surface area contributed by atoms with Crippen LogP contribution in [0, 0.1) is 6.57 Å². The molecule has 15 heavy (non-hydrogen) atoms. The third-order valence-corrected chi connectivity index (χ3v) is 2.06. The molecule has 0 unspecified atom stereocenters. The maximum atomic E-state index is 6.93. The highest BCUT2D eigenvalue weighted by molar-refractivity contribution is 6.32. The summed E-state index contributed by atoms with van der Waals surface area (Å²) in [5.41, 5.74) is 5.99. The number of hydrogen-bond donors (Lipinski definition) is 1. The van der Waals surface area contributed by atoms with Gasteiger partial charge in [-0.05, 0) is 12.1 Å². The number of nitrogens with two attached hydrogens (primary N) is 1. The minimum absolute atomic E-state index is 0.356. The standard InChI is InChI=1S/C9H6ClN5/c1-12-8-2-3-14-15(8)9-7(10)4-6(11)5-13-9/h2-5H,11H2. The molecule has 0 saturated heterocycles. The number of rotatable bonds is 1. The van der Waals surface area contributed by atoms with Crippen molar-refractivity contribution in [3.8, 4) is 5.82 Å². The second kappa shape index (κ2) is 3.59. The molecule has 0 saturated carbocycles. The van der Waals surface area contributed by atoms with Crippen molar-refractivity contribution in [2.45, 2.75) is 0 Å². The molecule has 6 heteroatoms. The zero-order valence-corrected chi connectivity index (χ0v) is 8.31. The van der Waals surface area contributed by atoms with E-state index in [2.05, 4.69) is 14.9 Å². The van der Waals surface area contributed by atoms with Crippen molar-refractivity contribution in [3.05, 3.63) is 41.0 Å². The van der Waals surface area contributed by atoms with Gasteiger partial charge in [-0.1, -0.05) is 18.2 Å². The Hall–Kier alpha value is -2.06. The summed E-state index contributed by atoms with van der Waals surface area (Å²) in [4.78, 5) is 7.32. The molecule has 0 fully saturated rings. The fraction of sp³-hybridized carbons (Fsp3) is 0. The van der Waals surface area contributed by atoms with Gasteiger partial charge in [0, 0.05) is 0 Å². The first-order chi connectivity index (χ1) is 7.22. The summed E-state index contributed by atoms with van der Waals surface area (Å²) in [5, 5.41) is 4.33. The summed E-state index contributed by atoms with van der Waals surface area (Å²) in [5.74, 6) is 0.760. The van der Waals surface area contributed by atoms with Crippen LogP contribution in [0.4, 0.5) is 11.5 Å². The van der Waals surface area contributed by atoms with E-state index in [1.54, 1.807) is 12.1 Å². The fourth-order valence-corrected chi connectivity index (χ4v) is 1.40. The average Bonchev–Trinajstić information content (AvgIpc) is 2.65. The zero-order chi connectivity index (χ0) is 10.8. The molecule has 2 aromatic rings. The molecule has 0 aliphatic heterocycles. The van der Waals surface area contributed by atoms with Gasteiger partial charge in [-0.15, -0.1) is 9.78 Å². The number of anilines is 1. The molecule has 5 nitrogen and oxygen atoms in total. The van der Waals surface area contributed by atoms with Crippen LogP contribution in [-0.4, -0.2) is 14.8 Å². The number of pyridine rings is 1. The first-order valence-electron chi connectivity index (χ1n) is 4.05. The highest BCUT2D eigenvalue weighted by Crippen LogP contribution is 2.23. The van der Waals surface area contributed by atoms with E-state index in [0.29, 0.717) is 22.3 Å². The van der Waals surface area contributed by atoms with Crippen molar-refractivity contribution in [3.63, 3.8) is 0 Å². The van der Waals surface area contributed by atoms with Crippen LogP contribution in [0.15, 0.2) is 24.5 Å². The van der Waals surface area contributed by atoms with Crippen LogP contribution < -0.4 is 5.73 Å². The highest BCUT2D eigenvalue weighted by Gasteiger charge is 2.12. The van der Waals surface area contributed by atoms with Crippen LogP contribution in [0.1, 0.15) is 0 Å². The number of halogens is 1. The smallest absolute Gasteiger partial charge is 0.258 e. The SMILES string of the molecule is [C-]#[N+]c1ccnn1-c1ncc(N)cc1Cl. The predicted molar refractivity (Wildman–Crippen MR) is 57.0 cm³/mol. The molecule has 2 aromatic heterocycles. The molecule has 0 radical (unpaired) electrons. The van der Waals surface area contributed by atoms with E-state index in [-0.39, 0.29) is 0 Å². The van der Waals surface area contributed by atoms with Crippen molar-refractivity contribution in [1.29, 1.82) is 0 Å². The van der Waals surface area contributed by atoms with Gasteiger partial charge < -0.3 is 10.6 Å². The van der Waals surface area contributed by atoms with Crippen LogP contribution in [0.2, 0.25) is 5.02 Å². The van der Waals surface area contributed by atoms with Gasteiger partial charge in [0.1, 0.15) is 5.02 Å². The van der Waals surface area contributed by atoms with Crippen LogP contribution in [0.5, 0.6) is 0 Å². The summed E-state index contributed by atoms with van der Waals surface area (Å²) in [7, 11) is 0. The van der Waals surface area contributed by atoms with Gasteiger partial charge in [-0.25, -0.2) is 4.98 Å². The van der Waals surface area contributed by atoms with E-state index in [9.17, 15) is 0 Å². The van der Waals surface area contributed by atoms with Gasteiger partial charge in [0.15, 0.2) is 0 Å². The van der Waals surface area contributed by atoms with E-state index in [1.807, 2.05) is 0 Å². The molecule has 0 amide bonds. The van der Waals surface area contributed by atoms with Gasteiger partial charge >= 0.3 is 0 Å². The largest absolute Gasteiger partial charge is 0.397 e. The quantitative estimate of drug-likeness (QED) is 0.747. The first kappa shape index (κ1) is 9.49. The molecule has 0 atom stereocenters. The fourth-order valence-electron chi connectivity index (χ4n) is 1.15. The summed E-state index contributed by atoms with van der Waals surface area (Å²) in [6.07, 6.45) is 2.98. The van der Waals surface area contributed by atoms with Crippen molar-refractivity contribution in [2.75, 3.05) is 5.73 Å². The Kier molecular flexibility index (Phi) is 2.27. The van der Waals surface area contributed by atoms with E-state index < -0.39 is 0 Å². The molecule has 0 aromatic carbocycles. The Morgan fingerprint density at radius 3 is 3.00 bits per heavy atom. The third-order valence-electron chi connectivity index (χ3n) is 1.78. The molecule has 2 heterocycles. The number of nitrogen functional groups attached to an aromatic ring is 1. The van der Waals surface area contributed by atoms with Crippen LogP contribution >= 0.6 is 11.6 Å². The Balaban J connectivity index is 2.60. The van der Waals surface area contributed by atoms with E-state index in [4.69, 9.17) is 23.9 Å². The molecule has 74 valence electrons. The number of aromatic nitrogens is 3. The highest BCUT2D eigenvalue weighted by atomic mass is 35.5. The topological polar surface area (TPSA) is 61.1 Å². The molecule has 0 bridgehead atoms. The Bertz CT molecular complexity index is 540. The lowest BCUT2D eigenvalue weighted by Gasteiger charge is -2.01. The van der Waals surface area contributed by atoms with Gasteiger partial charge in [0.2, 0.25) is 5.82 Å². The van der Waals surface area contributed by atoms with Gasteiger partial charge in [0.05, 0.1) is 18.1 Å². The second-order valence-corrected chi connectivity index (χ2v) is 3.19. The predicted octanol–water partition coefficient (Wildman–Crippen LogP) is 2.05. The van der Waals surface area contributed by atoms with Gasteiger partial charge in [-0.2, -0.15) is 0 Å². The summed E-state index contributed by atoms with van der Waals surface area (Å²) in [6.45, 7) is 6.93. The maximum absolute atomic E-state index is 6.93. The van der Waals surface area contributed by atoms with Gasteiger partial charge in [0.25, 0.3) is 5.82 Å². The molecule has 2 rings (SSSR count). The van der Waals surface area contributed by atoms with Crippen LogP contribution in [-0.2, 0) is 0 Å². The van der Waals surface area contributed by atoms with E-state index in [0.717, 1.165) is 0 Å². The number of hydrogen-bond acceptors (Lipinski definition) is 3. The van der Waals surface area contributed by atoms with Crippen molar-refractivity contribution < 1.29 is 0 Å². The molecule has 0 aliphatic rings. The van der Waals surface area contributed by atoms with Crippen molar-refractivity contribution in [2.24, 2.45) is 0 Å². The van der Waals surface area contributed by atoms with Crippen molar-refractivity contribution in [1.82, 2.24) is 14.8 Å². The maximum Gasteiger partial charge on any atom is 0.258 e. The molecule has 0 aliphatic carbocycles. The minimum atomic E-state index is 0.356. The lowest BCUT2D eigenvalue weighted by molar-refractivity contribution is 0.861. The zero-order valence-electron chi connectivity index (χ0n) is 7.55. The third kappa shape index (κ3) is 1.63. The molecule has 2 N–H and O–H groups in total. The lowest BCUT2D eigenvalue weighted by Crippen LogP contribution is -2.00. The van der Waals surface area contributed by atoms with Crippen LogP contribution in [0.3, 0.4) is 0 Å². The van der Waals surface area contributed by atoms with E-state index >= 15 is 0 Å². The Morgan fingerprint density at radius 2 is 2.33 bits per heavy atom. The summed E-state index contributed by atoms with van der Waals surface area (Å²) < 4.78 is 1.37. The molecule has 0 spiro atoms. The second-order valence-electron chi connectivity index (χ2n) is 2.79. The van der Waals surface area contributed by atoms with Gasteiger partial charge in [-0.3, -0.25) is 0 Å². The lowest BCUT2D eigenvalue weighted by atomic mass is 10.4. The average molecular weight is 220 g/mol. The monoisotopic (exact) mass is 219 g/mol. The Labute approximate surface area is 90.9 Å². The summed E-state index contributed by atoms with van der Waals surface area (Å²) >= 11 is 5.94. The Morgan fingerprint density at radius 1 is 1.53 bits per heavy atom. The minimum Gasteiger partial charge on any atom is -0.397 e. The van der Waals surface area contributed by atoms with Crippen LogP contribution in [0.25, 0.3) is 10.7 Å². The first-order valence-corrected chi connectivity index (χ1v) is 4.43. The van der Waals surface area contributed by atoms with Crippen molar-refractivity contribution >= 4 is 23.1 Å². The van der Waals surface area contributed by atoms with E-state index in [1.165, 1.54) is 17.1 Å². The number of nitrogens with zero attached hydrogens (tertiary/aromatic N) is 4. The molecular weight excluding hydrogens is 214 g/mol.